The van der Waals surface area contributed by atoms with Gasteiger partial charge in [-0.25, -0.2) is 14.6 Å². The van der Waals surface area contributed by atoms with Crippen molar-refractivity contribution in [3.8, 4) is 11.4 Å². The molecule has 1 aromatic carbocycles. The van der Waals surface area contributed by atoms with Gasteiger partial charge in [0.25, 0.3) is 5.56 Å². The topological polar surface area (TPSA) is 126 Å². The first-order valence-electron chi connectivity index (χ1n) is 13.9. The molecule has 1 amide bonds. The number of esters is 2. The fraction of sp³-hybridized carbons (Fsp3) is 0.452. The Kier molecular flexibility index (Phi) is 7.45. The second kappa shape index (κ2) is 10.5. The number of amides is 1. The van der Waals surface area contributed by atoms with Crippen LogP contribution in [-0.4, -0.2) is 39.7 Å². The predicted octanol–water partition coefficient (Wildman–Crippen LogP) is 5.33. The van der Waals surface area contributed by atoms with Crippen LogP contribution >= 0.6 is 15.9 Å². The molecular weight excluding hydrogens is 606 g/mol. The molecule has 0 bridgehead atoms. The van der Waals surface area contributed by atoms with Gasteiger partial charge in [0.15, 0.2) is 0 Å². The van der Waals surface area contributed by atoms with E-state index in [1.165, 1.54) is 0 Å². The van der Waals surface area contributed by atoms with Crippen LogP contribution in [0.1, 0.15) is 71.1 Å². The van der Waals surface area contributed by atoms with Crippen LogP contribution in [0.4, 0.5) is 4.79 Å². The molecule has 10 nitrogen and oxygen atoms in total. The summed E-state index contributed by atoms with van der Waals surface area (Å²) in [7, 11) is 0. The molecule has 42 heavy (non-hydrogen) atoms. The van der Waals surface area contributed by atoms with Gasteiger partial charge in [-0.2, -0.15) is 0 Å². The molecule has 5 rings (SSSR count). The summed E-state index contributed by atoms with van der Waals surface area (Å²) >= 11 is 3.57. The van der Waals surface area contributed by atoms with Gasteiger partial charge in [-0.1, -0.05) is 42.8 Å². The Labute approximate surface area is 251 Å². The highest BCUT2D eigenvalue weighted by atomic mass is 79.9. The number of nitrogens with zero attached hydrogens (tertiary/aromatic N) is 2. The molecule has 11 heteroatoms. The number of hydrogen-bond donors (Lipinski definition) is 1. The van der Waals surface area contributed by atoms with Crippen molar-refractivity contribution in [2.45, 2.75) is 78.7 Å². The number of halogens is 1. The second-order valence-electron chi connectivity index (χ2n) is 12.5. The van der Waals surface area contributed by atoms with Gasteiger partial charge in [0.2, 0.25) is 5.60 Å². The quantitative estimate of drug-likeness (QED) is 0.221. The van der Waals surface area contributed by atoms with Gasteiger partial charge in [-0.05, 0) is 56.9 Å². The Balaban J connectivity index is 1.46. The molecule has 3 aromatic rings. The van der Waals surface area contributed by atoms with Crippen LogP contribution < -0.4 is 10.9 Å². The number of ether oxygens (including phenoxy) is 3. The molecule has 1 unspecified atom stereocenters. The van der Waals surface area contributed by atoms with Crippen LogP contribution in [-0.2, 0) is 42.6 Å². The lowest BCUT2D eigenvalue weighted by atomic mass is 9.84. The minimum atomic E-state index is -1.79. The zero-order chi connectivity index (χ0) is 30.6. The van der Waals surface area contributed by atoms with Crippen molar-refractivity contribution in [3.63, 3.8) is 0 Å². The first-order chi connectivity index (χ1) is 19.6. The minimum Gasteiger partial charge on any atom is -0.457 e. The van der Waals surface area contributed by atoms with E-state index in [0.29, 0.717) is 23.5 Å². The molecule has 0 fully saturated rings. The average molecular weight is 641 g/mol. The maximum absolute atomic E-state index is 13.7. The molecule has 0 spiro atoms. The van der Waals surface area contributed by atoms with Gasteiger partial charge in [0, 0.05) is 27.5 Å². The second-order valence-corrected chi connectivity index (χ2v) is 13.4. The Bertz CT molecular complexity index is 1690. The number of carbonyl (C=O) groups is 3. The maximum Gasteiger partial charge on any atom is 0.407 e. The van der Waals surface area contributed by atoms with Crippen LogP contribution in [0.5, 0.6) is 0 Å². The van der Waals surface area contributed by atoms with E-state index in [0.717, 1.165) is 20.9 Å². The van der Waals surface area contributed by atoms with E-state index >= 15 is 0 Å². The Morgan fingerprint density at radius 3 is 2.60 bits per heavy atom. The highest BCUT2D eigenvalue weighted by Gasteiger charge is 2.50. The molecule has 4 heterocycles. The van der Waals surface area contributed by atoms with Gasteiger partial charge in [-0.3, -0.25) is 9.59 Å². The number of fused-ring (bicyclic) bond motifs is 5. The van der Waals surface area contributed by atoms with Gasteiger partial charge in [0.1, 0.15) is 12.2 Å². The van der Waals surface area contributed by atoms with E-state index in [1.54, 1.807) is 52.2 Å². The Morgan fingerprint density at radius 2 is 1.90 bits per heavy atom. The summed E-state index contributed by atoms with van der Waals surface area (Å²) in [6.45, 7) is 10.8. The molecule has 2 aromatic heterocycles. The minimum absolute atomic E-state index is 0.0645. The first kappa shape index (κ1) is 29.8. The van der Waals surface area contributed by atoms with Crippen molar-refractivity contribution in [1.29, 1.82) is 0 Å². The number of nitrogens with one attached hydrogen (secondary N) is 1. The van der Waals surface area contributed by atoms with E-state index in [4.69, 9.17) is 19.2 Å². The van der Waals surface area contributed by atoms with Crippen molar-refractivity contribution in [1.82, 2.24) is 14.9 Å². The largest absolute Gasteiger partial charge is 0.457 e. The van der Waals surface area contributed by atoms with Crippen LogP contribution in [0.2, 0.25) is 0 Å². The number of cyclic esters (lactones) is 1. The molecule has 222 valence electrons. The third-order valence-corrected chi connectivity index (χ3v) is 8.18. The monoisotopic (exact) mass is 639 g/mol. The van der Waals surface area contributed by atoms with Crippen molar-refractivity contribution < 1.29 is 28.6 Å². The normalized spacial score (nSPS) is 17.6. The van der Waals surface area contributed by atoms with Crippen LogP contribution in [0.25, 0.3) is 22.3 Å². The summed E-state index contributed by atoms with van der Waals surface area (Å²) in [5, 5.41) is 3.61. The third kappa shape index (κ3) is 5.42. The van der Waals surface area contributed by atoms with Gasteiger partial charge in [0.05, 0.1) is 35.4 Å². The fourth-order valence-corrected chi connectivity index (χ4v) is 5.90. The van der Waals surface area contributed by atoms with Gasteiger partial charge in [-0.15, -0.1) is 0 Å². The van der Waals surface area contributed by atoms with Crippen LogP contribution in [0, 0.1) is 5.41 Å². The highest BCUT2D eigenvalue weighted by Crippen LogP contribution is 2.42. The number of alkyl carbamates (subject to hydrolysis) is 1. The third-order valence-electron chi connectivity index (χ3n) is 7.49. The number of benzene rings is 1. The Morgan fingerprint density at radius 1 is 1.17 bits per heavy atom. The standard InChI is InChI=1S/C31H34BrN3O7/c1-7-31(41-24(36)13-30(5,6)16-33-28(39)42-29(2,3)4)20-12-23-25-17(11-18-21(32)9-8-10-22(18)34-25)14-35(23)26(37)19(20)15-40-27(31)38/h8-12H,7,13-16H2,1-6H3,(H,33,39). The number of pyridine rings is 2. The van der Waals surface area contributed by atoms with E-state index in [9.17, 15) is 19.2 Å². The zero-order valence-electron chi connectivity index (χ0n) is 24.6. The van der Waals surface area contributed by atoms with Gasteiger partial charge < -0.3 is 24.1 Å². The van der Waals surface area contributed by atoms with Crippen molar-refractivity contribution in [2.24, 2.45) is 5.41 Å². The average Bonchev–Trinajstić information content (AvgIpc) is 3.25. The number of carbonyl (C=O) groups excluding carboxylic acids is 3. The molecular formula is C31H34BrN3O7. The lowest BCUT2D eigenvalue weighted by Crippen LogP contribution is -2.48. The first-order valence-corrected chi connectivity index (χ1v) is 14.6. The number of hydrogen-bond acceptors (Lipinski definition) is 8. The summed E-state index contributed by atoms with van der Waals surface area (Å²) in [5.41, 5.74) is -0.0590. The highest BCUT2D eigenvalue weighted by molar-refractivity contribution is 9.10. The fourth-order valence-electron chi connectivity index (χ4n) is 5.43. The van der Waals surface area contributed by atoms with E-state index in [2.05, 4.69) is 21.2 Å². The van der Waals surface area contributed by atoms with E-state index < -0.39 is 34.6 Å². The number of aromatic nitrogens is 2. The lowest BCUT2D eigenvalue weighted by molar-refractivity contribution is -0.190. The molecule has 0 saturated heterocycles. The maximum atomic E-state index is 13.7. The molecule has 0 saturated carbocycles. The number of rotatable bonds is 6. The van der Waals surface area contributed by atoms with Crippen molar-refractivity contribution in [2.75, 3.05) is 6.54 Å². The van der Waals surface area contributed by atoms with Crippen LogP contribution in [0.15, 0.2) is 39.6 Å². The summed E-state index contributed by atoms with van der Waals surface area (Å²) in [5.74, 6) is -1.39. The zero-order valence-corrected chi connectivity index (χ0v) is 26.1. The molecule has 1 N–H and O–H groups in total. The van der Waals surface area contributed by atoms with Crippen molar-refractivity contribution >= 4 is 44.9 Å². The lowest BCUT2D eigenvalue weighted by Gasteiger charge is -2.36. The Hall–Kier alpha value is -3.73. The summed E-state index contributed by atoms with van der Waals surface area (Å²) in [4.78, 5) is 57.4. The predicted molar refractivity (Wildman–Crippen MR) is 159 cm³/mol. The van der Waals surface area contributed by atoms with Crippen molar-refractivity contribution in [3.05, 3.63) is 61.8 Å². The SMILES string of the molecule is CCC1(OC(=O)CC(C)(C)CNC(=O)OC(C)(C)C)C(=O)OCc2c1cc1n(c2=O)Cc2cc3c(Br)cccc3nc2-1. The summed E-state index contributed by atoms with van der Waals surface area (Å²) in [6.07, 6.45) is -0.640. The molecule has 2 aliphatic heterocycles. The molecule has 2 aliphatic rings. The molecule has 0 aliphatic carbocycles. The van der Waals surface area contributed by atoms with E-state index in [1.807, 2.05) is 24.3 Å². The molecule has 0 radical (unpaired) electrons. The van der Waals surface area contributed by atoms with Crippen LogP contribution in [0.3, 0.4) is 0 Å². The smallest absolute Gasteiger partial charge is 0.407 e. The summed E-state index contributed by atoms with van der Waals surface area (Å²) in [6, 6.07) is 9.48. The van der Waals surface area contributed by atoms with Gasteiger partial charge >= 0.3 is 18.0 Å². The summed E-state index contributed by atoms with van der Waals surface area (Å²) < 4.78 is 19.2. The van der Waals surface area contributed by atoms with E-state index in [-0.39, 0.29) is 37.1 Å². The molecule has 1 atom stereocenters.